The Bertz CT molecular complexity index is 866. The van der Waals surface area contributed by atoms with Crippen LogP contribution in [-0.4, -0.2) is 9.67 Å². The quantitative estimate of drug-likeness (QED) is 0.569. The first-order valence-corrected chi connectivity index (χ1v) is 7.07. The average Bonchev–Trinajstić information content (AvgIpc) is 2.85. The highest BCUT2D eigenvalue weighted by atomic mass is 16.3. The average molecular weight is 273 g/mol. The van der Waals surface area contributed by atoms with Gasteiger partial charge in [-0.15, -0.1) is 0 Å². The lowest BCUT2D eigenvalue weighted by atomic mass is 10.2. The number of fused-ring (bicyclic) bond motifs is 3. The highest BCUT2D eigenvalue weighted by molar-refractivity contribution is 6.08. The second-order valence-electron chi connectivity index (χ2n) is 5.29. The van der Waals surface area contributed by atoms with Crippen LogP contribution in [-0.2, 0) is 6.54 Å². The van der Waals surface area contributed by atoms with Crippen molar-refractivity contribution in [1.29, 1.82) is 0 Å². The van der Waals surface area contributed by atoms with E-state index in [0.717, 1.165) is 6.54 Å². The molecule has 0 aliphatic rings. The van der Waals surface area contributed by atoms with E-state index < -0.39 is 0 Å². The molecule has 3 aromatic carbocycles. The number of aromatic hydroxyl groups is 1. The highest BCUT2D eigenvalue weighted by Crippen LogP contribution is 2.29. The minimum Gasteiger partial charge on any atom is -0.508 e. The Morgan fingerprint density at radius 1 is 0.667 bits per heavy atom. The third-order valence-corrected chi connectivity index (χ3v) is 3.96. The Balaban J connectivity index is 1.95. The molecule has 0 fully saturated rings. The van der Waals surface area contributed by atoms with Crippen molar-refractivity contribution in [3.8, 4) is 5.75 Å². The Labute approximate surface area is 122 Å². The molecule has 1 N–H and O–H groups in total. The molecule has 21 heavy (non-hydrogen) atoms. The van der Waals surface area contributed by atoms with E-state index in [1.807, 2.05) is 12.1 Å². The number of aromatic nitrogens is 1. The number of para-hydroxylation sites is 2. The van der Waals surface area contributed by atoms with Gasteiger partial charge in [0.05, 0.1) is 0 Å². The summed E-state index contributed by atoms with van der Waals surface area (Å²) in [5.74, 6) is 0.306. The van der Waals surface area contributed by atoms with Crippen molar-refractivity contribution >= 4 is 21.8 Å². The van der Waals surface area contributed by atoms with Crippen molar-refractivity contribution in [3.05, 3.63) is 78.4 Å². The zero-order valence-corrected chi connectivity index (χ0v) is 11.5. The molecule has 4 rings (SSSR count). The van der Waals surface area contributed by atoms with Crippen molar-refractivity contribution < 1.29 is 5.11 Å². The van der Waals surface area contributed by atoms with E-state index >= 15 is 0 Å². The largest absolute Gasteiger partial charge is 0.508 e. The summed E-state index contributed by atoms with van der Waals surface area (Å²) in [6.45, 7) is 0.800. The standard InChI is InChI=1S/C19H15NO/c21-15-11-9-14(10-12-15)13-20-18-7-3-1-5-16(18)17-6-2-4-8-19(17)20/h1-12,21H,13H2. The number of phenols is 1. The number of hydrogen-bond acceptors (Lipinski definition) is 1. The number of hydrogen-bond donors (Lipinski definition) is 1. The molecule has 1 aromatic heterocycles. The van der Waals surface area contributed by atoms with Gasteiger partial charge in [0.1, 0.15) is 5.75 Å². The second kappa shape index (κ2) is 4.67. The molecule has 0 radical (unpaired) electrons. The maximum Gasteiger partial charge on any atom is 0.115 e. The van der Waals surface area contributed by atoms with E-state index in [1.165, 1.54) is 27.4 Å². The van der Waals surface area contributed by atoms with Crippen LogP contribution in [0.25, 0.3) is 21.8 Å². The normalized spacial score (nSPS) is 11.2. The molecule has 0 aliphatic carbocycles. The van der Waals surface area contributed by atoms with Crippen LogP contribution in [0.2, 0.25) is 0 Å². The summed E-state index contributed by atoms with van der Waals surface area (Å²) in [6, 6.07) is 24.4. The van der Waals surface area contributed by atoms with Crippen molar-refractivity contribution in [2.75, 3.05) is 0 Å². The van der Waals surface area contributed by atoms with Gasteiger partial charge in [-0.1, -0.05) is 48.5 Å². The van der Waals surface area contributed by atoms with Crippen LogP contribution in [0, 0.1) is 0 Å². The minimum absolute atomic E-state index is 0.306. The summed E-state index contributed by atoms with van der Waals surface area (Å²) >= 11 is 0. The summed E-state index contributed by atoms with van der Waals surface area (Å²) in [5, 5.41) is 12.0. The van der Waals surface area contributed by atoms with Crippen LogP contribution in [0.5, 0.6) is 5.75 Å². The van der Waals surface area contributed by atoms with Crippen LogP contribution in [0.3, 0.4) is 0 Å². The van der Waals surface area contributed by atoms with Gasteiger partial charge in [0.25, 0.3) is 0 Å². The molecule has 0 spiro atoms. The Hall–Kier alpha value is -2.74. The predicted molar refractivity (Wildman–Crippen MR) is 86.7 cm³/mol. The first kappa shape index (κ1) is 12.0. The summed E-state index contributed by atoms with van der Waals surface area (Å²) in [4.78, 5) is 0. The molecule has 0 amide bonds. The van der Waals surface area contributed by atoms with E-state index in [1.54, 1.807) is 12.1 Å². The molecule has 0 bridgehead atoms. The molecule has 2 heteroatoms. The zero-order valence-electron chi connectivity index (χ0n) is 11.5. The molecule has 102 valence electrons. The molecule has 0 aliphatic heterocycles. The summed E-state index contributed by atoms with van der Waals surface area (Å²) in [6.07, 6.45) is 0. The SMILES string of the molecule is Oc1ccc(Cn2c3ccccc3c3ccccc32)cc1. The molecule has 0 saturated carbocycles. The lowest BCUT2D eigenvalue weighted by molar-refractivity contribution is 0.475. The molecule has 2 nitrogen and oxygen atoms in total. The van der Waals surface area contributed by atoms with Crippen LogP contribution < -0.4 is 0 Å². The van der Waals surface area contributed by atoms with Crippen molar-refractivity contribution in [3.63, 3.8) is 0 Å². The summed E-state index contributed by atoms with van der Waals surface area (Å²) in [5.41, 5.74) is 3.66. The molecular formula is C19H15NO. The fourth-order valence-electron chi connectivity index (χ4n) is 2.96. The van der Waals surface area contributed by atoms with Crippen LogP contribution in [0.4, 0.5) is 0 Å². The van der Waals surface area contributed by atoms with E-state index in [4.69, 9.17) is 0 Å². The first-order chi connectivity index (χ1) is 10.3. The van der Waals surface area contributed by atoms with E-state index in [2.05, 4.69) is 53.1 Å². The first-order valence-electron chi connectivity index (χ1n) is 7.07. The van der Waals surface area contributed by atoms with E-state index in [9.17, 15) is 5.11 Å². The van der Waals surface area contributed by atoms with Gasteiger partial charge in [0.15, 0.2) is 0 Å². The maximum atomic E-state index is 9.42. The number of phenolic OH excluding ortho intramolecular Hbond substituents is 1. The molecular weight excluding hydrogens is 258 g/mol. The van der Waals surface area contributed by atoms with Crippen LogP contribution >= 0.6 is 0 Å². The topological polar surface area (TPSA) is 25.2 Å². The number of benzene rings is 3. The fraction of sp³-hybridized carbons (Fsp3) is 0.0526. The fourth-order valence-corrected chi connectivity index (χ4v) is 2.96. The molecule has 0 unspecified atom stereocenters. The third kappa shape index (κ3) is 1.96. The maximum absolute atomic E-state index is 9.42. The monoisotopic (exact) mass is 273 g/mol. The van der Waals surface area contributed by atoms with Gasteiger partial charge in [-0.05, 0) is 29.8 Å². The van der Waals surface area contributed by atoms with E-state index in [-0.39, 0.29) is 0 Å². The van der Waals surface area contributed by atoms with Crippen LogP contribution in [0.15, 0.2) is 72.8 Å². The molecule has 0 saturated heterocycles. The Morgan fingerprint density at radius 2 is 1.19 bits per heavy atom. The Morgan fingerprint density at radius 3 is 1.76 bits per heavy atom. The summed E-state index contributed by atoms with van der Waals surface area (Å²) < 4.78 is 2.33. The predicted octanol–water partition coefficient (Wildman–Crippen LogP) is 4.55. The smallest absolute Gasteiger partial charge is 0.115 e. The van der Waals surface area contributed by atoms with Crippen LogP contribution in [0.1, 0.15) is 5.56 Å². The van der Waals surface area contributed by atoms with Crippen molar-refractivity contribution in [2.24, 2.45) is 0 Å². The van der Waals surface area contributed by atoms with E-state index in [0.29, 0.717) is 5.75 Å². The van der Waals surface area contributed by atoms with Gasteiger partial charge in [0, 0.05) is 28.4 Å². The van der Waals surface area contributed by atoms with Crippen molar-refractivity contribution in [1.82, 2.24) is 4.57 Å². The van der Waals surface area contributed by atoms with Gasteiger partial charge in [-0.3, -0.25) is 0 Å². The van der Waals surface area contributed by atoms with Gasteiger partial charge in [-0.25, -0.2) is 0 Å². The highest BCUT2D eigenvalue weighted by Gasteiger charge is 2.09. The van der Waals surface area contributed by atoms with Gasteiger partial charge < -0.3 is 9.67 Å². The zero-order chi connectivity index (χ0) is 14.2. The third-order valence-electron chi connectivity index (χ3n) is 3.96. The second-order valence-corrected chi connectivity index (χ2v) is 5.29. The van der Waals surface area contributed by atoms with Crippen molar-refractivity contribution in [2.45, 2.75) is 6.54 Å². The van der Waals surface area contributed by atoms with Gasteiger partial charge >= 0.3 is 0 Å². The number of rotatable bonds is 2. The lowest BCUT2D eigenvalue weighted by Gasteiger charge is -2.08. The number of nitrogens with zero attached hydrogens (tertiary/aromatic N) is 1. The van der Waals surface area contributed by atoms with Gasteiger partial charge in [-0.2, -0.15) is 0 Å². The Kier molecular flexibility index (Phi) is 2.68. The molecule has 4 aromatic rings. The molecule has 0 atom stereocenters. The van der Waals surface area contributed by atoms with Gasteiger partial charge in [0.2, 0.25) is 0 Å². The lowest BCUT2D eigenvalue weighted by Crippen LogP contribution is -1.98. The molecule has 1 heterocycles. The minimum atomic E-state index is 0.306. The summed E-state index contributed by atoms with van der Waals surface area (Å²) in [7, 11) is 0.